The molecule has 2 aromatic rings. The van der Waals surface area contributed by atoms with E-state index in [1.807, 2.05) is 5.32 Å². The summed E-state index contributed by atoms with van der Waals surface area (Å²) < 4.78 is 38.1. The summed E-state index contributed by atoms with van der Waals surface area (Å²) in [6.45, 7) is 5.25. The Hall–Kier alpha value is -4.60. The number of nitrogens with zero attached hydrogens (tertiary/aromatic N) is 2. The van der Waals surface area contributed by atoms with Gasteiger partial charge >= 0.3 is 12.1 Å². The molecule has 2 rings (SSSR count). The van der Waals surface area contributed by atoms with Gasteiger partial charge in [-0.25, -0.2) is 13.2 Å². The Bertz CT molecular complexity index is 1410. The number of alkyl carbamates (subject to hydrolysis) is 1. The summed E-state index contributed by atoms with van der Waals surface area (Å²) in [6.07, 6.45) is -2.18. The first kappa shape index (κ1) is 30.6. The van der Waals surface area contributed by atoms with Gasteiger partial charge in [0.05, 0.1) is 11.4 Å². The minimum absolute atomic E-state index is 0.00119. The van der Waals surface area contributed by atoms with Gasteiger partial charge in [-0.15, -0.1) is 0 Å². The third-order valence-corrected chi connectivity index (χ3v) is 6.12. The van der Waals surface area contributed by atoms with E-state index in [4.69, 9.17) is 15.3 Å². The topological polar surface area (TPSA) is 210 Å². The van der Waals surface area contributed by atoms with Crippen LogP contribution in [0.25, 0.3) is 0 Å². The van der Waals surface area contributed by atoms with Crippen molar-refractivity contribution < 1.29 is 37.1 Å². The number of amides is 2. The number of benzene rings is 1. The van der Waals surface area contributed by atoms with Crippen molar-refractivity contribution in [2.75, 3.05) is 17.9 Å². The zero-order valence-corrected chi connectivity index (χ0v) is 22.5. The molecule has 1 unspecified atom stereocenters. The average Bonchev–Trinajstić information content (AvgIpc) is 2.82. The van der Waals surface area contributed by atoms with Crippen LogP contribution in [-0.2, 0) is 40.5 Å². The molecule has 1 heterocycles. The number of rotatable bonds is 11. The van der Waals surface area contributed by atoms with Crippen molar-refractivity contribution in [2.24, 2.45) is 10.9 Å². The molecule has 0 fully saturated rings. The summed E-state index contributed by atoms with van der Waals surface area (Å²) in [5, 5.41) is 7.97. The molecule has 1 atom stereocenters. The van der Waals surface area contributed by atoms with Gasteiger partial charge in [0.15, 0.2) is 0 Å². The predicted molar refractivity (Wildman–Crippen MR) is 139 cm³/mol. The lowest BCUT2D eigenvalue weighted by Crippen LogP contribution is -2.39. The quantitative estimate of drug-likeness (QED) is 0.0728. The van der Waals surface area contributed by atoms with E-state index in [1.165, 1.54) is 31.2 Å². The minimum atomic E-state index is -4.02. The molecule has 15 nitrogen and oxygen atoms in total. The van der Waals surface area contributed by atoms with Crippen LogP contribution in [0, 0.1) is 13.8 Å². The molecular formula is C23H30N6O9S. The first-order valence-corrected chi connectivity index (χ1v) is 12.9. The Kier molecular flexibility index (Phi) is 10.8. The molecule has 0 aliphatic carbocycles. The normalized spacial score (nSPS) is 12.2. The number of carbonyl (C=O) groups is 3. The van der Waals surface area contributed by atoms with Crippen molar-refractivity contribution in [3.05, 3.63) is 58.0 Å². The molecular weight excluding hydrogens is 536 g/mol. The number of pyridine rings is 1. The molecule has 0 bridgehead atoms. The summed E-state index contributed by atoms with van der Waals surface area (Å²) in [5.41, 5.74) is 5.72. The Balaban J connectivity index is 1.88. The number of sulfonamides is 1. The van der Waals surface area contributed by atoms with E-state index in [0.717, 1.165) is 17.1 Å². The number of nitrogens with one attached hydrogen (secondary N) is 3. The first-order valence-electron chi connectivity index (χ1n) is 11.5. The fourth-order valence-corrected chi connectivity index (χ4v) is 4.21. The summed E-state index contributed by atoms with van der Waals surface area (Å²) >= 11 is 0. The van der Waals surface area contributed by atoms with Crippen LogP contribution in [0.15, 0.2) is 51.2 Å². The van der Waals surface area contributed by atoms with Crippen molar-refractivity contribution in [2.45, 2.75) is 45.4 Å². The Morgan fingerprint density at radius 3 is 2.51 bits per heavy atom. The van der Waals surface area contributed by atoms with Gasteiger partial charge in [0, 0.05) is 19.5 Å². The number of oxime groups is 1. The number of carbonyl (C=O) groups excluding carboxylic acids is 3. The number of ether oxygens (including phenoxy) is 2. The van der Waals surface area contributed by atoms with Crippen molar-refractivity contribution in [3.63, 3.8) is 0 Å². The fraction of sp³-hybridized carbons (Fsp3) is 0.348. The maximum Gasteiger partial charge on any atom is 0.417 e. The van der Waals surface area contributed by atoms with Gasteiger partial charge in [0.2, 0.25) is 18.2 Å². The number of hydrogen-bond donors (Lipinski definition) is 4. The van der Waals surface area contributed by atoms with Crippen LogP contribution in [0.2, 0.25) is 0 Å². The second-order valence-electron chi connectivity index (χ2n) is 8.07. The van der Waals surface area contributed by atoms with Crippen LogP contribution in [0.1, 0.15) is 25.1 Å². The Morgan fingerprint density at radius 2 is 1.85 bits per heavy atom. The zero-order chi connectivity index (χ0) is 29.2. The van der Waals surface area contributed by atoms with Crippen LogP contribution in [0.4, 0.5) is 10.5 Å². The molecule has 0 aliphatic rings. The summed E-state index contributed by atoms with van der Waals surface area (Å²) in [7, 11) is -4.02. The predicted octanol–water partition coefficient (Wildman–Crippen LogP) is 0.264. The van der Waals surface area contributed by atoms with E-state index >= 15 is 0 Å². The third-order valence-electron chi connectivity index (χ3n) is 4.75. The van der Waals surface area contributed by atoms with E-state index in [1.54, 1.807) is 26.0 Å². The maximum absolute atomic E-state index is 12.9. The molecule has 0 saturated heterocycles. The molecule has 0 aliphatic heterocycles. The fourth-order valence-electron chi connectivity index (χ4n) is 3.05. The standard InChI is InChI=1S/C23H30N6O9S/c1-14-6-5-7-18(12-14)39(34,35)28-19-9-8-15(2)29(21(19)32)13-20(31)25-10-11-36-27-22(24)26-23(33)38-17(4)37-16(3)30/h5-9,12,17,28H,10-11,13H2,1-4H3,(H,25,31)(H3,24,26,27,33). The third kappa shape index (κ3) is 9.99. The van der Waals surface area contributed by atoms with E-state index in [0.29, 0.717) is 5.69 Å². The number of aryl methyl sites for hydroxylation is 2. The van der Waals surface area contributed by atoms with Crippen molar-refractivity contribution in [3.8, 4) is 0 Å². The number of esters is 1. The Morgan fingerprint density at radius 1 is 1.13 bits per heavy atom. The van der Waals surface area contributed by atoms with Crippen LogP contribution in [0.5, 0.6) is 0 Å². The minimum Gasteiger partial charge on any atom is -0.426 e. The molecule has 1 aromatic carbocycles. The highest BCUT2D eigenvalue weighted by atomic mass is 32.2. The van der Waals surface area contributed by atoms with Crippen LogP contribution < -0.4 is 26.6 Å². The number of anilines is 1. The smallest absolute Gasteiger partial charge is 0.417 e. The monoisotopic (exact) mass is 566 g/mol. The number of nitrogens with two attached hydrogens (primary N) is 1. The lowest BCUT2D eigenvalue weighted by molar-refractivity contribution is -0.161. The molecule has 0 saturated carbocycles. The van der Waals surface area contributed by atoms with E-state index in [2.05, 4.69) is 19.9 Å². The van der Waals surface area contributed by atoms with Crippen molar-refractivity contribution in [1.29, 1.82) is 0 Å². The van der Waals surface area contributed by atoms with Crippen LogP contribution in [-0.4, -0.2) is 56.4 Å². The molecule has 212 valence electrons. The second-order valence-corrected chi connectivity index (χ2v) is 9.75. The molecule has 2 amide bonds. The summed E-state index contributed by atoms with van der Waals surface area (Å²) in [4.78, 5) is 52.5. The maximum atomic E-state index is 12.9. The van der Waals surface area contributed by atoms with Crippen molar-refractivity contribution in [1.82, 2.24) is 15.2 Å². The number of guanidine groups is 1. The lowest BCUT2D eigenvalue weighted by atomic mass is 10.2. The molecule has 0 radical (unpaired) electrons. The van der Waals surface area contributed by atoms with E-state index in [-0.39, 0.29) is 30.3 Å². The summed E-state index contributed by atoms with van der Waals surface area (Å²) in [6, 6.07) is 9.04. The van der Waals surface area contributed by atoms with E-state index in [9.17, 15) is 27.6 Å². The Labute approximate surface area is 224 Å². The summed E-state index contributed by atoms with van der Waals surface area (Å²) in [5.74, 6) is -1.65. The molecule has 39 heavy (non-hydrogen) atoms. The highest BCUT2D eigenvalue weighted by Crippen LogP contribution is 2.15. The SMILES string of the molecule is CC(=O)OC(C)OC(=O)N/C(N)=N/OCCNC(=O)Cn1c(C)ccc(NS(=O)(=O)c2cccc(C)c2)c1=O. The van der Waals surface area contributed by atoms with Gasteiger partial charge in [-0.3, -0.25) is 24.4 Å². The largest absolute Gasteiger partial charge is 0.426 e. The molecule has 5 N–H and O–H groups in total. The van der Waals surface area contributed by atoms with Gasteiger partial charge in [-0.1, -0.05) is 12.1 Å². The van der Waals surface area contributed by atoms with Crippen LogP contribution >= 0.6 is 0 Å². The van der Waals surface area contributed by atoms with E-state index < -0.39 is 45.8 Å². The highest BCUT2D eigenvalue weighted by molar-refractivity contribution is 7.92. The number of hydrogen-bond acceptors (Lipinski definition) is 10. The van der Waals surface area contributed by atoms with Crippen LogP contribution in [0.3, 0.4) is 0 Å². The second kappa shape index (κ2) is 13.8. The molecule has 1 aromatic heterocycles. The van der Waals surface area contributed by atoms with Gasteiger partial charge in [0.1, 0.15) is 18.8 Å². The van der Waals surface area contributed by atoms with Gasteiger partial charge < -0.3 is 29.9 Å². The molecule has 0 spiro atoms. The van der Waals surface area contributed by atoms with Gasteiger partial charge in [-0.2, -0.15) is 0 Å². The van der Waals surface area contributed by atoms with Crippen molar-refractivity contribution >= 4 is 39.6 Å². The average molecular weight is 567 g/mol. The van der Waals surface area contributed by atoms with Gasteiger partial charge in [0.25, 0.3) is 15.6 Å². The zero-order valence-electron chi connectivity index (χ0n) is 21.7. The number of aromatic nitrogens is 1. The lowest BCUT2D eigenvalue weighted by Gasteiger charge is -2.14. The molecule has 16 heteroatoms. The van der Waals surface area contributed by atoms with Gasteiger partial charge in [-0.05, 0) is 48.8 Å². The first-order chi connectivity index (χ1) is 18.3. The highest BCUT2D eigenvalue weighted by Gasteiger charge is 2.18.